The van der Waals surface area contributed by atoms with Gasteiger partial charge in [0.25, 0.3) is 0 Å². The lowest BCUT2D eigenvalue weighted by Crippen LogP contribution is -2.35. The number of thiocarbonyl (C=S) groups is 1. The highest BCUT2D eigenvalue weighted by Crippen LogP contribution is 2.09. The predicted octanol–water partition coefficient (Wildman–Crippen LogP) is 2.37. The van der Waals surface area contributed by atoms with Crippen LogP contribution in [0.5, 0.6) is 0 Å². The van der Waals surface area contributed by atoms with Gasteiger partial charge < -0.3 is 10.6 Å². The van der Waals surface area contributed by atoms with E-state index in [0.717, 1.165) is 30.8 Å². The number of nitrogens with one attached hydrogen (secondary N) is 2. The molecule has 106 valence electrons. The topological polar surface area (TPSA) is 41.1 Å². The quantitative estimate of drug-likeness (QED) is 0.599. The first-order valence-electron chi connectivity index (χ1n) is 6.60. The molecule has 0 amide bonds. The highest BCUT2D eigenvalue weighted by Gasteiger charge is 2.03. The Kier molecular flexibility index (Phi) is 7.67. The van der Waals surface area contributed by atoms with Crippen molar-refractivity contribution in [3.05, 3.63) is 29.8 Å². The van der Waals surface area contributed by atoms with E-state index in [9.17, 15) is 4.21 Å². The number of benzene rings is 1. The standard InChI is InChI=1S/C14H22N2OS2/c1-3-15-14(18)16-10-4-5-11-19(17)13-8-6-12(2)7-9-13/h6-9H,3-5,10-11H2,1-2H3,(H2,15,16,18). The highest BCUT2D eigenvalue weighted by molar-refractivity contribution is 7.85. The summed E-state index contributed by atoms with van der Waals surface area (Å²) in [6, 6.07) is 7.90. The third-order valence-corrected chi connectivity index (χ3v) is 4.41. The van der Waals surface area contributed by atoms with Gasteiger partial charge in [-0.05, 0) is 51.0 Å². The molecule has 3 nitrogen and oxygen atoms in total. The maximum atomic E-state index is 12.0. The Morgan fingerprint density at radius 3 is 2.53 bits per heavy atom. The van der Waals surface area contributed by atoms with E-state index < -0.39 is 10.8 Å². The molecule has 0 bridgehead atoms. The summed E-state index contributed by atoms with van der Waals surface area (Å²) in [4.78, 5) is 0.918. The van der Waals surface area contributed by atoms with Crippen molar-refractivity contribution in [1.29, 1.82) is 0 Å². The third kappa shape index (κ3) is 6.68. The Morgan fingerprint density at radius 1 is 1.21 bits per heavy atom. The lowest BCUT2D eigenvalue weighted by molar-refractivity contribution is 0.675. The summed E-state index contributed by atoms with van der Waals surface area (Å²) in [7, 11) is -0.885. The fourth-order valence-electron chi connectivity index (χ4n) is 1.59. The van der Waals surface area contributed by atoms with E-state index in [1.54, 1.807) is 0 Å². The summed E-state index contributed by atoms with van der Waals surface area (Å²) >= 11 is 5.06. The van der Waals surface area contributed by atoms with Crippen molar-refractivity contribution in [2.24, 2.45) is 0 Å². The van der Waals surface area contributed by atoms with Crippen LogP contribution in [0, 0.1) is 6.92 Å². The molecule has 5 heteroatoms. The van der Waals surface area contributed by atoms with Crippen LogP contribution < -0.4 is 10.6 Å². The molecule has 1 unspecified atom stereocenters. The fraction of sp³-hybridized carbons (Fsp3) is 0.500. The zero-order valence-electron chi connectivity index (χ0n) is 11.6. The smallest absolute Gasteiger partial charge is 0.166 e. The van der Waals surface area contributed by atoms with E-state index in [1.807, 2.05) is 38.1 Å². The van der Waals surface area contributed by atoms with E-state index in [1.165, 1.54) is 5.56 Å². The Hall–Kier alpha value is -0.940. The Balaban J connectivity index is 2.17. The van der Waals surface area contributed by atoms with Gasteiger partial charge in [-0.15, -0.1) is 0 Å². The summed E-state index contributed by atoms with van der Waals surface area (Å²) in [5.74, 6) is 0.707. The molecule has 0 fully saturated rings. The Bertz CT molecular complexity index is 418. The van der Waals surface area contributed by atoms with Crippen LogP contribution in [0.1, 0.15) is 25.3 Å². The SMILES string of the molecule is CCNC(=S)NCCCCS(=O)c1ccc(C)cc1. The van der Waals surface area contributed by atoms with E-state index in [2.05, 4.69) is 10.6 Å². The molecule has 1 aromatic rings. The summed E-state index contributed by atoms with van der Waals surface area (Å²) < 4.78 is 12.0. The van der Waals surface area contributed by atoms with Crippen LogP contribution in [0.2, 0.25) is 0 Å². The Labute approximate surface area is 123 Å². The van der Waals surface area contributed by atoms with Gasteiger partial charge in [0.15, 0.2) is 5.11 Å². The van der Waals surface area contributed by atoms with Crippen LogP contribution in [-0.4, -0.2) is 28.2 Å². The molecule has 0 radical (unpaired) electrons. The fourth-order valence-corrected chi connectivity index (χ4v) is 2.98. The van der Waals surface area contributed by atoms with Gasteiger partial charge in [-0.25, -0.2) is 0 Å². The van der Waals surface area contributed by atoms with Crippen LogP contribution in [0.3, 0.4) is 0 Å². The van der Waals surface area contributed by atoms with Crippen molar-refractivity contribution in [3.63, 3.8) is 0 Å². The maximum absolute atomic E-state index is 12.0. The zero-order valence-corrected chi connectivity index (χ0v) is 13.2. The lowest BCUT2D eigenvalue weighted by Gasteiger charge is -2.08. The van der Waals surface area contributed by atoms with Gasteiger partial charge >= 0.3 is 0 Å². The third-order valence-electron chi connectivity index (χ3n) is 2.66. The average molecular weight is 298 g/mol. The first-order chi connectivity index (χ1) is 9.13. The molecule has 0 spiro atoms. The van der Waals surface area contributed by atoms with E-state index in [4.69, 9.17) is 12.2 Å². The van der Waals surface area contributed by atoms with Gasteiger partial charge in [0.2, 0.25) is 0 Å². The summed E-state index contributed by atoms with van der Waals surface area (Å²) in [5.41, 5.74) is 1.20. The number of unbranched alkanes of at least 4 members (excludes halogenated alkanes) is 1. The molecule has 0 aromatic heterocycles. The van der Waals surface area contributed by atoms with E-state index in [0.29, 0.717) is 10.9 Å². The summed E-state index contributed by atoms with van der Waals surface area (Å²) in [6.45, 7) is 5.71. The molecule has 0 aliphatic rings. The summed E-state index contributed by atoms with van der Waals surface area (Å²) in [6.07, 6.45) is 1.91. The molecule has 0 aliphatic heterocycles. The van der Waals surface area contributed by atoms with Crippen LogP contribution in [0.15, 0.2) is 29.2 Å². The molecule has 1 rings (SSSR count). The molecule has 2 N–H and O–H groups in total. The molecular weight excluding hydrogens is 276 g/mol. The number of rotatable bonds is 7. The first kappa shape index (κ1) is 16.1. The van der Waals surface area contributed by atoms with Crippen molar-refractivity contribution in [2.45, 2.75) is 31.6 Å². The van der Waals surface area contributed by atoms with E-state index >= 15 is 0 Å². The minimum absolute atomic E-state index is 0.696. The molecule has 0 heterocycles. The van der Waals surface area contributed by atoms with Crippen molar-refractivity contribution in [2.75, 3.05) is 18.8 Å². The largest absolute Gasteiger partial charge is 0.363 e. The molecule has 1 aromatic carbocycles. The van der Waals surface area contributed by atoms with Gasteiger partial charge in [0.05, 0.1) is 10.8 Å². The van der Waals surface area contributed by atoms with Gasteiger partial charge in [0.1, 0.15) is 0 Å². The van der Waals surface area contributed by atoms with E-state index in [-0.39, 0.29) is 0 Å². The van der Waals surface area contributed by atoms with Crippen LogP contribution in [0.25, 0.3) is 0 Å². The minimum Gasteiger partial charge on any atom is -0.363 e. The zero-order chi connectivity index (χ0) is 14.1. The molecule has 19 heavy (non-hydrogen) atoms. The molecular formula is C14H22N2OS2. The second kappa shape index (κ2) is 9.04. The van der Waals surface area contributed by atoms with Crippen molar-refractivity contribution in [1.82, 2.24) is 10.6 Å². The van der Waals surface area contributed by atoms with Gasteiger partial charge in [-0.2, -0.15) is 0 Å². The van der Waals surface area contributed by atoms with Crippen LogP contribution >= 0.6 is 12.2 Å². The predicted molar refractivity (Wildman–Crippen MR) is 86.0 cm³/mol. The maximum Gasteiger partial charge on any atom is 0.166 e. The molecule has 0 saturated carbocycles. The molecule has 1 atom stereocenters. The second-order valence-electron chi connectivity index (χ2n) is 4.36. The van der Waals surface area contributed by atoms with Crippen LogP contribution in [0.4, 0.5) is 0 Å². The van der Waals surface area contributed by atoms with Gasteiger partial charge in [-0.1, -0.05) is 17.7 Å². The molecule has 0 aliphatic carbocycles. The lowest BCUT2D eigenvalue weighted by atomic mass is 10.2. The van der Waals surface area contributed by atoms with Crippen molar-refractivity contribution < 1.29 is 4.21 Å². The highest BCUT2D eigenvalue weighted by atomic mass is 32.2. The van der Waals surface area contributed by atoms with Crippen molar-refractivity contribution >= 4 is 28.1 Å². The minimum atomic E-state index is -0.885. The van der Waals surface area contributed by atoms with Gasteiger partial charge in [-0.3, -0.25) is 4.21 Å². The number of aryl methyl sites for hydroxylation is 1. The number of hydrogen-bond acceptors (Lipinski definition) is 2. The second-order valence-corrected chi connectivity index (χ2v) is 6.33. The average Bonchev–Trinajstić information content (AvgIpc) is 2.39. The normalized spacial score (nSPS) is 11.9. The summed E-state index contributed by atoms with van der Waals surface area (Å²) in [5, 5.41) is 6.86. The van der Waals surface area contributed by atoms with Gasteiger partial charge in [0, 0.05) is 23.7 Å². The number of hydrogen-bond donors (Lipinski definition) is 2. The van der Waals surface area contributed by atoms with Crippen molar-refractivity contribution in [3.8, 4) is 0 Å². The van der Waals surface area contributed by atoms with Crippen LogP contribution in [-0.2, 0) is 10.8 Å². The molecule has 0 saturated heterocycles. The first-order valence-corrected chi connectivity index (χ1v) is 8.33. The Morgan fingerprint density at radius 2 is 1.89 bits per heavy atom. The monoisotopic (exact) mass is 298 g/mol.